The molecule has 166 valence electrons. The summed E-state index contributed by atoms with van der Waals surface area (Å²) in [6, 6.07) is 9.74. The first kappa shape index (κ1) is 25.4. The van der Waals surface area contributed by atoms with Gasteiger partial charge in [-0.2, -0.15) is 0 Å². The number of aromatic nitrogens is 2. The maximum atomic E-state index is 11.3. The van der Waals surface area contributed by atoms with Crippen LogP contribution in [0.1, 0.15) is 32.8 Å². The Morgan fingerprint density at radius 2 is 1.90 bits per heavy atom. The van der Waals surface area contributed by atoms with E-state index < -0.39 is 0 Å². The molecule has 0 bridgehead atoms. The zero-order chi connectivity index (χ0) is 22.7. The van der Waals surface area contributed by atoms with Crippen molar-refractivity contribution in [2.45, 2.75) is 40.2 Å². The average Bonchev–Trinajstić information content (AvgIpc) is 3.08. The molecule has 1 aromatic heterocycles. The van der Waals surface area contributed by atoms with Gasteiger partial charge in [-0.1, -0.05) is 45.5 Å². The fourth-order valence-electron chi connectivity index (χ4n) is 2.87. The third-order valence-corrected chi connectivity index (χ3v) is 4.68. The highest BCUT2D eigenvalue weighted by Crippen LogP contribution is 2.30. The molecule has 0 radical (unpaired) electrons. The zero-order valence-electron chi connectivity index (χ0n) is 19.4. The number of hydrogen-bond donors (Lipinski definition) is 2. The van der Waals surface area contributed by atoms with Crippen LogP contribution in [0.15, 0.2) is 42.6 Å². The number of nitrogens with one attached hydrogen (secondary N) is 1. The molecule has 7 nitrogen and oxygen atoms in total. The van der Waals surface area contributed by atoms with Crippen LogP contribution < -0.4 is 16.0 Å². The van der Waals surface area contributed by atoms with Gasteiger partial charge in [0.25, 0.3) is 0 Å². The minimum absolute atomic E-state index is 0.151. The molecule has 0 fully saturated rings. The summed E-state index contributed by atoms with van der Waals surface area (Å²) in [5.41, 5.74) is 8.76. The van der Waals surface area contributed by atoms with Crippen LogP contribution in [0.25, 0.3) is 5.69 Å². The van der Waals surface area contributed by atoms with Crippen molar-refractivity contribution in [2.24, 2.45) is 5.73 Å². The molecule has 2 rings (SSSR count). The van der Waals surface area contributed by atoms with Gasteiger partial charge in [-0.25, -0.2) is 4.68 Å². The summed E-state index contributed by atoms with van der Waals surface area (Å²) >= 11 is 0. The number of carbonyl (C=O) groups is 1. The molecule has 3 N–H and O–H groups in total. The van der Waals surface area contributed by atoms with E-state index in [1.165, 1.54) is 0 Å². The first-order chi connectivity index (χ1) is 14.4. The molecule has 0 aliphatic heterocycles. The maximum Gasteiger partial charge on any atom is 0.156 e. The Bertz CT molecular complexity index is 784. The van der Waals surface area contributed by atoms with Gasteiger partial charge in [-0.15, -0.1) is 5.10 Å². The molecule has 7 heteroatoms. The second kappa shape index (κ2) is 12.8. The SMILES string of the molecule is C=C(Nc1c(C)c(N(CC=O)CCN(C)C)nn1-c1ccccc1)C(N)CC.CC. The highest BCUT2D eigenvalue weighted by molar-refractivity contribution is 5.68. The number of likely N-dealkylation sites (N-methyl/N-ethyl adjacent to an activating group) is 1. The number of rotatable bonds is 11. The lowest BCUT2D eigenvalue weighted by Crippen LogP contribution is -2.33. The number of para-hydroxylation sites is 1. The largest absolute Gasteiger partial charge is 0.347 e. The molecule has 0 amide bonds. The number of carbonyl (C=O) groups excluding carboxylic acids is 1. The fraction of sp³-hybridized carbons (Fsp3) is 0.478. The smallest absolute Gasteiger partial charge is 0.156 e. The molecule has 0 aliphatic carbocycles. The standard InChI is InChI=1S/C21H32N6O.C2H6/c1-6-19(22)17(3)23-20-16(2)21(26(14-15-28)13-12-25(4)5)24-27(20)18-10-8-7-9-11-18;1-2/h7-11,15,19,23H,3,6,12-14,22H2,1-2,4-5H3;1-2H3. The van der Waals surface area contributed by atoms with E-state index in [1.807, 2.05) is 81.7 Å². The summed E-state index contributed by atoms with van der Waals surface area (Å²) in [5, 5.41) is 8.20. The van der Waals surface area contributed by atoms with Gasteiger partial charge < -0.3 is 25.6 Å². The van der Waals surface area contributed by atoms with E-state index in [0.29, 0.717) is 6.54 Å². The van der Waals surface area contributed by atoms with Crippen LogP contribution in [0, 0.1) is 6.92 Å². The van der Waals surface area contributed by atoms with Gasteiger partial charge in [-0.3, -0.25) is 0 Å². The van der Waals surface area contributed by atoms with E-state index in [4.69, 9.17) is 10.8 Å². The van der Waals surface area contributed by atoms with E-state index >= 15 is 0 Å². The number of anilines is 2. The summed E-state index contributed by atoms with van der Waals surface area (Å²) in [7, 11) is 4.02. The van der Waals surface area contributed by atoms with Gasteiger partial charge in [0.2, 0.25) is 0 Å². The second-order valence-corrected chi connectivity index (χ2v) is 7.13. The van der Waals surface area contributed by atoms with E-state index in [1.54, 1.807) is 0 Å². The molecule has 1 aromatic carbocycles. The monoisotopic (exact) mass is 414 g/mol. The van der Waals surface area contributed by atoms with Gasteiger partial charge in [0.15, 0.2) is 5.82 Å². The summed E-state index contributed by atoms with van der Waals surface area (Å²) in [6.07, 6.45) is 1.70. The number of nitrogens with two attached hydrogens (primary N) is 1. The Morgan fingerprint density at radius 3 is 2.43 bits per heavy atom. The van der Waals surface area contributed by atoms with E-state index in [2.05, 4.69) is 16.8 Å². The number of aldehydes is 1. The Morgan fingerprint density at radius 1 is 1.27 bits per heavy atom. The minimum atomic E-state index is -0.151. The van der Waals surface area contributed by atoms with Crippen molar-refractivity contribution in [3.8, 4) is 5.69 Å². The van der Waals surface area contributed by atoms with Crippen LogP contribution >= 0.6 is 0 Å². The van der Waals surface area contributed by atoms with Gasteiger partial charge >= 0.3 is 0 Å². The molecule has 2 aromatic rings. The summed E-state index contributed by atoms with van der Waals surface area (Å²) in [4.78, 5) is 15.4. The van der Waals surface area contributed by atoms with Crippen molar-refractivity contribution >= 4 is 17.9 Å². The van der Waals surface area contributed by atoms with E-state index in [0.717, 1.165) is 47.8 Å². The van der Waals surface area contributed by atoms with Crippen LogP contribution in [0.4, 0.5) is 11.6 Å². The van der Waals surface area contributed by atoms with Crippen molar-refractivity contribution in [3.63, 3.8) is 0 Å². The van der Waals surface area contributed by atoms with E-state index in [-0.39, 0.29) is 12.6 Å². The van der Waals surface area contributed by atoms with Crippen molar-refractivity contribution in [1.29, 1.82) is 0 Å². The molecule has 0 spiro atoms. The Labute approximate surface area is 181 Å². The van der Waals surface area contributed by atoms with Crippen molar-refractivity contribution in [1.82, 2.24) is 14.7 Å². The zero-order valence-corrected chi connectivity index (χ0v) is 19.4. The molecule has 1 heterocycles. The predicted molar refractivity (Wildman–Crippen MR) is 128 cm³/mol. The lowest BCUT2D eigenvalue weighted by Gasteiger charge is -2.22. The number of benzene rings is 1. The first-order valence-corrected chi connectivity index (χ1v) is 10.6. The van der Waals surface area contributed by atoms with Crippen molar-refractivity contribution in [3.05, 3.63) is 48.2 Å². The highest BCUT2D eigenvalue weighted by Gasteiger charge is 2.21. The van der Waals surface area contributed by atoms with Crippen LogP contribution in [0.2, 0.25) is 0 Å². The molecule has 0 saturated heterocycles. The van der Waals surface area contributed by atoms with Gasteiger partial charge in [0.05, 0.1) is 12.2 Å². The van der Waals surface area contributed by atoms with Crippen molar-refractivity contribution in [2.75, 3.05) is 43.9 Å². The van der Waals surface area contributed by atoms with Crippen LogP contribution in [0.5, 0.6) is 0 Å². The van der Waals surface area contributed by atoms with Crippen molar-refractivity contribution < 1.29 is 4.79 Å². The third-order valence-electron chi connectivity index (χ3n) is 4.68. The molecule has 1 atom stereocenters. The van der Waals surface area contributed by atoms with Crippen LogP contribution in [-0.2, 0) is 4.79 Å². The Kier molecular flexibility index (Phi) is 10.9. The normalized spacial score (nSPS) is 11.5. The quantitative estimate of drug-likeness (QED) is 0.549. The summed E-state index contributed by atoms with van der Waals surface area (Å²) in [5.74, 6) is 1.59. The molecule has 0 saturated carbocycles. The first-order valence-electron chi connectivity index (χ1n) is 10.6. The molecule has 30 heavy (non-hydrogen) atoms. The van der Waals surface area contributed by atoms with Gasteiger partial charge in [0, 0.05) is 30.4 Å². The molecule has 1 unspecified atom stereocenters. The number of hydrogen-bond acceptors (Lipinski definition) is 6. The third kappa shape index (κ3) is 6.71. The predicted octanol–water partition coefficient (Wildman–Crippen LogP) is 3.44. The minimum Gasteiger partial charge on any atom is -0.347 e. The Hall–Kier alpha value is -2.64. The highest BCUT2D eigenvalue weighted by atomic mass is 16.1. The molecular formula is C23H38N6O. The average molecular weight is 415 g/mol. The van der Waals surface area contributed by atoms with Crippen LogP contribution in [-0.4, -0.2) is 60.7 Å². The van der Waals surface area contributed by atoms with Gasteiger partial charge in [0.1, 0.15) is 12.1 Å². The number of nitrogens with zero attached hydrogens (tertiary/aromatic N) is 4. The maximum absolute atomic E-state index is 11.3. The van der Waals surface area contributed by atoms with Crippen LogP contribution in [0.3, 0.4) is 0 Å². The van der Waals surface area contributed by atoms with Gasteiger partial charge in [-0.05, 0) is 39.6 Å². The Balaban J connectivity index is 0.00000218. The lowest BCUT2D eigenvalue weighted by molar-refractivity contribution is -0.106. The second-order valence-electron chi connectivity index (χ2n) is 7.13. The lowest BCUT2D eigenvalue weighted by atomic mass is 10.2. The summed E-state index contributed by atoms with van der Waals surface area (Å²) in [6.45, 7) is 13.9. The topological polar surface area (TPSA) is 79.4 Å². The van der Waals surface area contributed by atoms with E-state index in [9.17, 15) is 4.79 Å². The molecule has 0 aliphatic rings. The fourth-order valence-corrected chi connectivity index (χ4v) is 2.87. The summed E-state index contributed by atoms with van der Waals surface area (Å²) < 4.78 is 1.85. The molecular weight excluding hydrogens is 376 g/mol.